The van der Waals surface area contributed by atoms with E-state index in [2.05, 4.69) is 25.5 Å². The van der Waals surface area contributed by atoms with Gasteiger partial charge in [0.15, 0.2) is 0 Å². The molecular weight excluding hydrogens is 430 g/mol. The molecule has 10 nitrogen and oxygen atoms in total. The molecule has 1 fully saturated rings. The van der Waals surface area contributed by atoms with Crippen LogP contribution in [0.15, 0.2) is 48.4 Å². The van der Waals surface area contributed by atoms with Crippen molar-refractivity contribution in [1.82, 2.24) is 29.9 Å². The molecule has 4 aromatic rings. The standard InChI is InChI=1S/C21H19N7O3S/c29-12-31-15-5-4-14(7-15)28-10-17(19(27-28)16-3-1-2-6-22-16)25-20(30)18-11-32-21(26-18)13-8-23-24-9-13/h1-3,6,8-12,14-15H,4-5,7H2,(H,23,24)(H,25,30)/t14-,15-/m0/s1. The van der Waals surface area contributed by atoms with Crippen LogP contribution < -0.4 is 5.32 Å². The number of aromatic amines is 1. The maximum atomic E-state index is 12.9. The molecular formula is C21H19N7O3S. The molecule has 32 heavy (non-hydrogen) atoms. The highest BCUT2D eigenvalue weighted by molar-refractivity contribution is 7.13. The first kappa shape index (κ1) is 20.1. The van der Waals surface area contributed by atoms with E-state index >= 15 is 0 Å². The monoisotopic (exact) mass is 449 g/mol. The van der Waals surface area contributed by atoms with Gasteiger partial charge in [0.2, 0.25) is 0 Å². The van der Waals surface area contributed by atoms with Gasteiger partial charge < -0.3 is 10.1 Å². The molecule has 1 saturated carbocycles. The maximum absolute atomic E-state index is 12.9. The molecule has 0 unspecified atom stereocenters. The van der Waals surface area contributed by atoms with Gasteiger partial charge in [-0.2, -0.15) is 10.2 Å². The van der Waals surface area contributed by atoms with Crippen LogP contribution in [0.1, 0.15) is 35.8 Å². The minimum atomic E-state index is -0.332. The molecule has 1 aliphatic carbocycles. The van der Waals surface area contributed by atoms with Gasteiger partial charge in [-0.05, 0) is 25.0 Å². The average molecular weight is 449 g/mol. The van der Waals surface area contributed by atoms with Crippen molar-refractivity contribution in [2.24, 2.45) is 0 Å². The fraction of sp³-hybridized carbons (Fsp3) is 0.238. The molecule has 0 radical (unpaired) electrons. The Kier molecular flexibility index (Phi) is 5.46. The summed E-state index contributed by atoms with van der Waals surface area (Å²) >= 11 is 1.37. The Balaban J connectivity index is 1.41. The summed E-state index contributed by atoms with van der Waals surface area (Å²) in [5.41, 5.74) is 2.91. The second-order valence-corrected chi connectivity index (χ2v) is 8.24. The second kappa shape index (κ2) is 8.71. The molecule has 11 heteroatoms. The van der Waals surface area contributed by atoms with Gasteiger partial charge in [-0.3, -0.25) is 24.4 Å². The highest BCUT2D eigenvalue weighted by atomic mass is 32.1. The van der Waals surface area contributed by atoms with E-state index < -0.39 is 0 Å². The molecule has 1 amide bonds. The smallest absolute Gasteiger partial charge is 0.293 e. The first-order valence-electron chi connectivity index (χ1n) is 10.1. The third kappa shape index (κ3) is 4.02. The number of carbonyl (C=O) groups excluding carboxylic acids is 2. The average Bonchev–Trinajstić information content (AvgIpc) is 3.61. The number of pyridine rings is 1. The van der Waals surface area contributed by atoms with Gasteiger partial charge in [0.25, 0.3) is 12.4 Å². The van der Waals surface area contributed by atoms with Gasteiger partial charge in [0, 0.05) is 36.0 Å². The summed E-state index contributed by atoms with van der Waals surface area (Å²) in [6.45, 7) is 0.493. The summed E-state index contributed by atoms with van der Waals surface area (Å²) in [6, 6.07) is 5.60. The number of nitrogens with one attached hydrogen (secondary N) is 2. The van der Waals surface area contributed by atoms with Gasteiger partial charge in [-0.25, -0.2) is 4.98 Å². The molecule has 162 valence electrons. The summed E-state index contributed by atoms with van der Waals surface area (Å²) in [7, 11) is 0. The molecule has 2 N–H and O–H groups in total. The lowest BCUT2D eigenvalue weighted by Crippen LogP contribution is -2.12. The van der Waals surface area contributed by atoms with Crippen LogP contribution in [0, 0.1) is 0 Å². The summed E-state index contributed by atoms with van der Waals surface area (Å²) in [6.07, 6.45) is 9.04. The van der Waals surface area contributed by atoms with Crippen LogP contribution in [0.5, 0.6) is 0 Å². The number of amides is 1. The molecule has 0 saturated heterocycles. The molecule has 0 spiro atoms. The van der Waals surface area contributed by atoms with Crippen LogP contribution in [0.2, 0.25) is 0 Å². The fourth-order valence-electron chi connectivity index (χ4n) is 3.79. The van der Waals surface area contributed by atoms with Crippen molar-refractivity contribution in [2.75, 3.05) is 5.32 Å². The number of rotatable bonds is 7. The van der Waals surface area contributed by atoms with Crippen LogP contribution in [-0.4, -0.2) is 48.4 Å². The van der Waals surface area contributed by atoms with Crippen molar-refractivity contribution in [3.05, 3.63) is 54.1 Å². The minimum Gasteiger partial charge on any atom is -0.465 e. The van der Waals surface area contributed by atoms with Gasteiger partial charge in [-0.15, -0.1) is 11.3 Å². The lowest BCUT2D eigenvalue weighted by atomic mass is 10.2. The number of anilines is 1. The number of hydrogen-bond donors (Lipinski definition) is 2. The molecule has 2 atom stereocenters. The van der Waals surface area contributed by atoms with E-state index in [4.69, 9.17) is 9.84 Å². The van der Waals surface area contributed by atoms with Gasteiger partial charge in [0.1, 0.15) is 22.5 Å². The Morgan fingerprint density at radius 3 is 3.06 bits per heavy atom. The first-order valence-corrected chi connectivity index (χ1v) is 10.9. The van der Waals surface area contributed by atoms with Crippen molar-refractivity contribution in [3.63, 3.8) is 0 Å². The highest BCUT2D eigenvalue weighted by Crippen LogP contribution is 2.34. The van der Waals surface area contributed by atoms with Crippen molar-refractivity contribution < 1.29 is 14.3 Å². The predicted octanol–water partition coefficient (Wildman–Crippen LogP) is 3.31. The Morgan fingerprint density at radius 1 is 1.34 bits per heavy atom. The topological polar surface area (TPSA) is 128 Å². The number of H-pyrrole nitrogens is 1. The van der Waals surface area contributed by atoms with Crippen LogP contribution >= 0.6 is 11.3 Å². The van der Waals surface area contributed by atoms with Crippen LogP contribution in [0.4, 0.5) is 5.69 Å². The summed E-state index contributed by atoms with van der Waals surface area (Å²) in [5.74, 6) is -0.332. The van der Waals surface area contributed by atoms with Crippen molar-refractivity contribution in [1.29, 1.82) is 0 Å². The number of carbonyl (C=O) groups is 2. The van der Waals surface area contributed by atoms with Crippen molar-refractivity contribution >= 4 is 29.4 Å². The molecule has 0 aromatic carbocycles. The minimum absolute atomic E-state index is 0.0695. The summed E-state index contributed by atoms with van der Waals surface area (Å²) in [5, 5.41) is 16.7. The first-order chi connectivity index (χ1) is 15.7. The van der Waals surface area contributed by atoms with Crippen LogP contribution in [-0.2, 0) is 9.53 Å². The molecule has 4 heterocycles. The number of nitrogens with zero attached hydrogens (tertiary/aromatic N) is 5. The molecule has 5 rings (SSSR count). The SMILES string of the molecule is O=CO[C@H]1CC[C@H](n2cc(NC(=O)c3csc(-c4cn[nH]c4)n3)c(-c3ccccn3)n2)C1. The molecule has 1 aliphatic rings. The Hall–Kier alpha value is -3.86. The normalized spacial score (nSPS) is 17.9. The van der Waals surface area contributed by atoms with E-state index in [-0.39, 0.29) is 18.1 Å². The largest absolute Gasteiger partial charge is 0.465 e. The van der Waals surface area contributed by atoms with E-state index in [0.29, 0.717) is 40.7 Å². The Morgan fingerprint density at radius 2 is 2.28 bits per heavy atom. The van der Waals surface area contributed by atoms with Crippen LogP contribution in [0.25, 0.3) is 22.0 Å². The van der Waals surface area contributed by atoms with Gasteiger partial charge in [-0.1, -0.05) is 6.07 Å². The Labute approximate surface area is 186 Å². The van der Waals surface area contributed by atoms with E-state index in [9.17, 15) is 9.59 Å². The fourth-order valence-corrected chi connectivity index (χ4v) is 4.57. The number of thiazole rings is 1. The highest BCUT2D eigenvalue weighted by Gasteiger charge is 2.29. The third-order valence-corrected chi connectivity index (χ3v) is 6.24. The third-order valence-electron chi connectivity index (χ3n) is 5.35. The quantitative estimate of drug-likeness (QED) is 0.414. The van der Waals surface area contributed by atoms with E-state index in [1.165, 1.54) is 11.3 Å². The summed E-state index contributed by atoms with van der Waals surface area (Å²) in [4.78, 5) is 32.4. The maximum Gasteiger partial charge on any atom is 0.293 e. The lowest BCUT2D eigenvalue weighted by molar-refractivity contribution is -0.133. The predicted molar refractivity (Wildman–Crippen MR) is 117 cm³/mol. The van der Waals surface area contributed by atoms with Crippen molar-refractivity contribution in [2.45, 2.75) is 31.4 Å². The van der Waals surface area contributed by atoms with Gasteiger partial charge in [0.05, 0.1) is 23.6 Å². The zero-order chi connectivity index (χ0) is 21.9. The molecule has 4 aromatic heterocycles. The zero-order valence-corrected chi connectivity index (χ0v) is 17.7. The number of ether oxygens (including phenoxy) is 1. The zero-order valence-electron chi connectivity index (χ0n) is 16.8. The van der Waals surface area contributed by atoms with Crippen molar-refractivity contribution in [3.8, 4) is 22.0 Å². The number of aromatic nitrogens is 6. The number of hydrogen-bond acceptors (Lipinski definition) is 8. The summed E-state index contributed by atoms with van der Waals surface area (Å²) < 4.78 is 6.94. The van der Waals surface area contributed by atoms with Crippen LogP contribution in [0.3, 0.4) is 0 Å². The Bertz CT molecular complexity index is 1220. The molecule has 0 aliphatic heterocycles. The molecule has 0 bridgehead atoms. The van der Waals surface area contributed by atoms with E-state index in [1.54, 1.807) is 30.2 Å². The second-order valence-electron chi connectivity index (χ2n) is 7.39. The van der Waals surface area contributed by atoms with Gasteiger partial charge >= 0.3 is 0 Å². The van der Waals surface area contributed by atoms with E-state index in [0.717, 1.165) is 18.4 Å². The lowest BCUT2D eigenvalue weighted by Gasteiger charge is -2.10. The van der Waals surface area contributed by atoms with E-state index in [1.807, 2.05) is 22.9 Å².